The number of ether oxygens (including phenoxy) is 1. The van der Waals surface area contributed by atoms with E-state index >= 15 is 0 Å². The van der Waals surface area contributed by atoms with Crippen LogP contribution in [0.15, 0.2) is 17.3 Å². The maximum Gasteiger partial charge on any atom is 0.410 e. The van der Waals surface area contributed by atoms with Crippen LogP contribution in [0.3, 0.4) is 0 Å². The number of carbonyl (C=O) groups is 1. The fourth-order valence-electron chi connectivity index (χ4n) is 4.26. The van der Waals surface area contributed by atoms with Gasteiger partial charge in [0, 0.05) is 12.0 Å². The number of carboxylic acid groups (broad SMARTS) is 1. The van der Waals surface area contributed by atoms with Gasteiger partial charge in [0.1, 0.15) is 16.1 Å². The molecule has 4 rings (SSSR count). The number of rotatable bonds is 0. The van der Waals surface area contributed by atoms with Gasteiger partial charge in [-0.15, -0.1) is 0 Å². The van der Waals surface area contributed by atoms with Crippen LogP contribution in [-0.4, -0.2) is 47.0 Å². The molecule has 2 aliphatic heterocycles. The molecule has 9 nitrogen and oxygen atoms in total. The maximum atomic E-state index is 13.6. The van der Waals surface area contributed by atoms with E-state index in [4.69, 9.17) is 10.5 Å². The molecule has 1 aliphatic carbocycles. The predicted octanol–water partition coefficient (Wildman–Crippen LogP) is 1.05. The molecule has 3 aliphatic rings. The van der Waals surface area contributed by atoms with Gasteiger partial charge in [-0.05, 0) is 32.3 Å². The second-order valence-electron chi connectivity index (χ2n) is 7.18. The van der Waals surface area contributed by atoms with Crippen molar-refractivity contribution in [3.8, 4) is 5.88 Å². The average molecular weight is 380 g/mol. The van der Waals surface area contributed by atoms with E-state index in [1.54, 1.807) is 13.0 Å². The summed E-state index contributed by atoms with van der Waals surface area (Å²) in [5.74, 6) is 0.271. The van der Waals surface area contributed by atoms with Crippen molar-refractivity contribution in [3.63, 3.8) is 0 Å². The molecule has 1 saturated carbocycles. The van der Waals surface area contributed by atoms with E-state index in [0.29, 0.717) is 30.5 Å². The number of nitrogens with one attached hydrogen (secondary N) is 1. The highest BCUT2D eigenvalue weighted by molar-refractivity contribution is 7.94. The first-order valence-electron chi connectivity index (χ1n) is 8.43. The Morgan fingerprint density at radius 3 is 2.81 bits per heavy atom. The van der Waals surface area contributed by atoms with Crippen LogP contribution in [0, 0.1) is 0 Å². The first-order valence-corrected chi connectivity index (χ1v) is 9.98. The quantitative estimate of drug-likeness (QED) is 0.610. The Hall–Kier alpha value is -2.36. The molecule has 0 unspecified atom stereocenters. The predicted molar refractivity (Wildman–Crippen MR) is 94.0 cm³/mol. The molecule has 1 aromatic rings. The lowest BCUT2D eigenvalue weighted by atomic mass is 9.81. The van der Waals surface area contributed by atoms with E-state index in [-0.39, 0.29) is 24.7 Å². The minimum absolute atomic E-state index is 0.00901. The molecule has 2 atom stereocenters. The molecule has 3 heterocycles. The van der Waals surface area contributed by atoms with Crippen LogP contribution in [0.5, 0.6) is 5.88 Å². The molecular weight excluding hydrogens is 360 g/mol. The number of nitrogen functional groups attached to an aromatic ring is 1. The van der Waals surface area contributed by atoms with Crippen LogP contribution < -0.4 is 15.8 Å². The molecule has 10 heteroatoms. The summed E-state index contributed by atoms with van der Waals surface area (Å²) in [6, 6.07) is 1.61. The second-order valence-corrected chi connectivity index (χ2v) is 9.62. The van der Waals surface area contributed by atoms with Crippen LogP contribution in [0.1, 0.15) is 38.2 Å². The van der Waals surface area contributed by atoms with Crippen LogP contribution >= 0.6 is 0 Å². The van der Waals surface area contributed by atoms with Crippen molar-refractivity contribution in [2.75, 3.05) is 12.3 Å². The fraction of sp³-hybridized carbons (Fsp3) is 0.562. The second kappa shape index (κ2) is 5.32. The van der Waals surface area contributed by atoms with Crippen molar-refractivity contribution < 1.29 is 23.1 Å². The summed E-state index contributed by atoms with van der Waals surface area (Å²) in [6.45, 7) is 1.87. The molecular formula is C16H20N4O5S. The van der Waals surface area contributed by atoms with Gasteiger partial charge in [-0.2, -0.15) is 0 Å². The first-order chi connectivity index (χ1) is 12.2. The van der Waals surface area contributed by atoms with E-state index < -0.39 is 31.5 Å². The van der Waals surface area contributed by atoms with Crippen molar-refractivity contribution in [1.82, 2.24) is 10.3 Å². The lowest BCUT2D eigenvalue weighted by Gasteiger charge is -2.50. The van der Waals surface area contributed by atoms with E-state index in [1.807, 2.05) is 0 Å². The summed E-state index contributed by atoms with van der Waals surface area (Å²) < 4.78 is 31.5. The zero-order valence-electron chi connectivity index (χ0n) is 14.2. The van der Waals surface area contributed by atoms with Gasteiger partial charge in [-0.25, -0.2) is 18.2 Å². The van der Waals surface area contributed by atoms with Crippen molar-refractivity contribution >= 4 is 27.5 Å². The number of sulfone groups is 1. The Bertz CT molecular complexity index is 925. The Morgan fingerprint density at radius 1 is 1.46 bits per heavy atom. The fourth-order valence-corrected chi connectivity index (χ4v) is 7.22. The van der Waals surface area contributed by atoms with Crippen molar-refractivity contribution in [2.45, 2.75) is 48.1 Å². The van der Waals surface area contributed by atoms with Crippen LogP contribution in [-0.2, 0) is 15.4 Å². The molecule has 140 valence electrons. The van der Waals surface area contributed by atoms with E-state index in [2.05, 4.69) is 15.3 Å². The molecule has 1 spiro atoms. The minimum Gasteiger partial charge on any atom is -0.477 e. The van der Waals surface area contributed by atoms with Gasteiger partial charge < -0.3 is 15.6 Å². The summed E-state index contributed by atoms with van der Waals surface area (Å²) in [7, 11) is -3.72. The zero-order valence-corrected chi connectivity index (χ0v) is 15.0. The summed E-state index contributed by atoms with van der Waals surface area (Å²) in [6.07, 6.45) is 1.80. The Balaban J connectivity index is 2.00. The molecule has 4 N–H and O–H groups in total. The SMILES string of the molecule is C[C@]12N=C(NC(=O)O)C3(CCC3)S(=O)(=O)[C@H]1CCOc1ncc(N)cc12. The highest BCUT2D eigenvalue weighted by Crippen LogP contribution is 2.53. The van der Waals surface area contributed by atoms with Gasteiger partial charge in [0.15, 0.2) is 9.84 Å². The van der Waals surface area contributed by atoms with Gasteiger partial charge in [-0.3, -0.25) is 10.3 Å². The summed E-state index contributed by atoms with van der Waals surface area (Å²) in [4.78, 5) is 20.1. The lowest BCUT2D eigenvalue weighted by molar-refractivity contribution is 0.199. The molecule has 0 saturated heterocycles. The Morgan fingerprint density at radius 2 is 2.19 bits per heavy atom. The van der Waals surface area contributed by atoms with Crippen LogP contribution in [0.4, 0.5) is 10.5 Å². The third kappa shape index (κ3) is 2.08. The molecule has 0 aromatic carbocycles. The monoisotopic (exact) mass is 380 g/mol. The number of hydrogen-bond acceptors (Lipinski definition) is 7. The van der Waals surface area contributed by atoms with Crippen molar-refractivity contribution in [1.29, 1.82) is 0 Å². The normalized spacial score (nSPS) is 30.7. The van der Waals surface area contributed by atoms with Crippen molar-refractivity contribution in [2.24, 2.45) is 4.99 Å². The molecule has 26 heavy (non-hydrogen) atoms. The number of amidine groups is 1. The number of amides is 1. The van der Waals surface area contributed by atoms with Crippen LogP contribution in [0.25, 0.3) is 0 Å². The number of pyridine rings is 1. The number of nitrogens with two attached hydrogens (primary N) is 1. The average Bonchev–Trinajstić information content (AvgIpc) is 2.62. The summed E-state index contributed by atoms with van der Waals surface area (Å²) in [5, 5.41) is 10.6. The smallest absolute Gasteiger partial charge is 0.410 e. The van der Waals surface area contributed by atoms with E-state index in [1.165, 1.54) is 6.20 Å². The van der Waals surface area contributed by atoms with Gasteiger partial charge >= 0.3 is 6.09 Å². The Kier molecular flexibility index (Phi) is 3.49. The zero-order chi connectivity index (χ0) is 18.7. The number of aliphatic imine (C=N–C) groups is 1. The maximum absolute atomic E-state index is 13.6. The third-order valence-electron chi connectivity index (χ3n) is 5.74. The third-order valence-corrected chi connectivity index (χ3v) is 8.88. The first kappa shape index (κ1) is 17.1. The molecule has 0 bridgehead atoms. The topological polar surface area (TPSA) is 144 Å². The van der Waals surface area contributed by atoms with Gasteiger partial charge in [0.05, 0.1) is 23.7 Å². The van der Waals surface area contributed by atoms with Crippen molar-refractivity contribution in [3.05, 3.63) is 17.8 Å². The number of hydrogen-bond donors (Lipinski definition) is 3. The number of aromatic nitrogens is 1. The largest absolute Gasteiger partial charge is 0.477 e. The summed E-state index contributed by atoms with van der Waals surface area (Å²) in [5.41, 5.74) is 5.45. The Labute approximate surface area is 150 Å². The lowest BCUT2D eigenvalue weighted by Crippen LogP contribution is -2.66. The van der Waals surface area contributed by atoms with E-state index in [0.717, 1.165) is 0 Å². The highest BCUT2D eigenvalue weighted by Gasteiger charge is 2.64. The van der Waals surface area contributed by atoms with Crippen LogP contribution in [0.2, 0.25) is 0 Å². The molecule has 1 amide bonds. The summed E-state index contributed by atoms with van der Waals surface area (Å²) >= 11 is 0. The minimum atomic E-state index is -3.72. The molecule has 1 aromatic heterocycles. The number of nitrogens with zero attached hydrogens (tertiary/aromatic N) is 2. The molecule has 0 radical (unpaired) electrons. The van der Waals surface area contributed by atoms with Gasteiger partial charge in [-0.1, -0.05) is 0 Å². The highest BCUT2D eigenvalue weighted by atomic mass is 32.2. The van der Waals surface area contributed by atoms with E-state index in [9.17, 15) is 18.3 Å². The molecule has 1 fully saturated rings. The van der Waals surface area contributed by atoms with Gasteiger partial charge in [0.25, 0.3) is 0 Å². The standard InChI is InChI=1S/C16H20N4O5S/c1-15-10-7-9(17)8-18-12(10)25-6-3-11(15)26(23,24)16(4-2-5-16)13(20-15)19-14(21)22/h7-8,11H,2-6,17H2,1H3,(H,19,20)(H,21,22)/t11-,15+/m0/s1. The van der Waals surface area contributed by atoms with Gasteiger partial charge in [0.2, 0.25) is 5.88 Å². The number of anilines is 1. The number of fused-ring (bicyclic) bond motifs is 3.